The third-order valence-corrected chi connectivity index (χ3v) is 4.22. The zero-order valence-electron chi connectivity index (χ0n) is 15.7. The van der Waals surface area contributed by atoms with Crippen LogP contribution >= 0.6 is 0 Å². The Labute approximate surface area is 170 Å². The van der Waals surface area contributed by atoms with E-state index in [9.17, 15) is 35.9 Å². The Morgan fingerprint density at radius 2 is 1.58 bits per heavy atom. The summed E-state index contributed by atoms with van der Waals surface area (Å²) in [5.74, 6) is -1.03. The van der Waals surface area contributed by atoms with Gasteiger partial charge in [0.05, 0.1) is 22.1 Å². The molecule has 0 unspecified atom stereocenters. The number of hydrogen-bond donors (Lipinski definition) is 1. The summed E-state index contributed by atoms with van der Waals surface area (Å²) in [6.45, 7) is 1.76. The third-order valence-electron chi connectivity index (χ3n) is 4.22. The van der Waals surface area contributed by atoms with Crippen LogP contribution < -0.4 is 10.7 Å². The predicted molar refractivity (Wildman–Crippen MR) is 101 cm³/mol. The van der Waals surface area contributed by atoms with Crippen LogP contribution in [0.1, 0.15) is 22.3 Å². The molecular formula is C21H13F6NO3. The molecule has 10 heteroatoms. The molecular weight excluding hydrogens is 428 g/mol. The Morgan fingerprint density at radius 3 is 2.16 bits per heavy atom. The zero-order valence-corrected chi connectivity index (χ0v) is 15.7. The molecule has 1 amide bonds. The lowest BCUT2D eigenvalue weighted by molar-refractivity contribution is -0.143. The molecule has 0 fully saturated rings. The highest BCUT2D eigenvalue weighted by Crippen LogP contribution is 2.37. The lowest BCUT2D eigenvalue weighted by atomic mass is 10.1. The fraction of sp³-hybridized carbons (Fsp3) is 0.143. The molecule has 0 saturated carbocycles. The fourth-order valence-electron chi connectivity index (χ4n) is 2.75. The Kier molecular flexibility index (Phi) is 5.66. The largest absolute Gasteiger partial charge is 0.463 e. The molecule has 0 atom stereocenters. The summed E-state index contributed by atoms with van der Waals surface area (Å²) in [6.07, 6.45) is -7.13. The molecule has 0 radical (unpaired) electrons. The maximum atomic E-state index is 12.9. The van der Waals surface area contributed by atoms with Gasteiger partial charge in [-0.2, -0.15) is 26.3 Å². The number of anilines is 1. The molecule has 0 aliphatic carbocycles. The monoisotopic (exact) mass is 441 g/mol. The van der Waals surface area contributed by atoms with Crippen LogP contribution in [0.2, 0.25) is 0 Å². The van der Waals surface area contributed by atoms with E-state index in [0.29, 0.717) is 17.7 Å². The first-order valence-corrected chi connectivity index (χ1v) is 8.65. The summed E-state index contributed by atoms with van der Waals surface area (Å²) < 4.78 is 82.7. The maximum Gasteiger partial charge on any atom is 0.416 e. The lowest BCUT2D eigenvalue weighted by Crippen LogP contribution is -2.14. The van der Waals surface area contributed by atoms with Crippen LogP contribution in [0, 0.1) is 6.92 Å². The summed E-state index contributed by atoms with van der Waals surface area (Å²) in [4.78, 5) is 24.5. The molecule has 31 heavy (non-hydrogen) atoms. The van der Waals surface area contributed by atoms with Gasteiger partial charge in [0, 0.05) is 11.8 Å². The second-order valence-electron chi connectivity index (χ2n) is 6.64. The van der Waals surface area contributed by atoms with Crippen molar-refractivity contribution in [3.8, 4) is 0 Å². The Bertz CT molecular complexity index is 1210. The Morgan fingerprint density at radius 1 is 0.968 bits per heavy atom. The molecule has 1 N–H and O–H groups in total. The molecule has 1 aromatic heterocycles. The molecule has 1 heterocycles. The van der Waals surface area contributed by atoms with Crippen molar-refractivity contribution in [3.05, 3.63) is 81.2 Å². The quantitative estimate of drug-likeness (QED) is 0.414. The number of carbonyl (C=O) groups is 1. The summed E-state index contributed by atoms with van der Waals surface area (Å²) in [6, 6.07) is 5.63. The van der Waals surface area contributed by atoms with E-state index < -0.39 is 40.5 Å². The van der Waals surface area contributed by atoms with Crippen LogP contribution in [0.25, 0.3) is 17.0 Å². The summed E-state index contributed by atoms with van der Waals surface area (Å²) >= 11 is 0. The molecule has 3 aromatic rings. The van der Waals surface area contributed by atoms with Crippen LogP contribution in [0.4, 0.5) is 32.0 Å². The van der Waals surface area contributed by atoms with Crippen molar-refractivity contribution in [2.24, 2.45) is 0 Å². The highest BCUT2D eigenvalue weighted by Gasteiger charge is 2.37. The number of carbonyl (C=O) groups excluding carboxylic acids is 1. The molecule has 0 aliphatic heterocycles. The predicted octanol–water partition coefficient (Wildman–Crippen LogP) is 5.79. The Balaban J connectivity index is 1.89. The molecule has 0 saturated heterocycles. The Hall–Kier alpha value is -3.56. The van der Waals surface area contributed by atoms with Crippen molar-refractivity contribution < 1.29 is 35.6 Å². The van der Waals surface area contributed by atoms with Gasteiger partial charge in [0.15, 0.2) is 5.43 Å². The number of aryl methyl sites for hydroxylation is 1. The number of amides is 1. The number of nitrogens with one attached hydrogen (secondary N) is 1. The average molecular weight is 441 g/mol. The van der Waals surface area contributed by atoms with Crippen molar-refractivity contribution in [1.82, 2.24) is 0 Å². The van der Waals surface area contributed by atoms with Crippen molar-refractivity contribution in [1.29, 1.82) is 0 Å². The van der Waals surface area contributed by atoms with E-state index in [0.717, 1.165) is 24.0 Å². The third kappa shape index (κ3) is 5.14. The fourth-order valence-corrected chi connectivity index (χ4v) is 2.75. The van der Waals surface area contributed by atoms with E-state index in [1.54, 1.807) is 25.1 Å². The van der Waals surface area contributed by atoms with Gasteiger partial charge in [-0.15, -0.1) is 0 Å². The summed E-state index contributed by atoms with van der Waals surface area (Å²) in [5, 5.41) is 2.20. The van der Waals surface area contributed by atoms with E-state index in [1.165, 1.54) is 0 Å². The molecule has 3 rings (SSSR count). The second kappa shape index (κ2) is 7.93. The summed E-state index contributed by atoms with van der Waals surface area (Å²) in [7, 11) is 0. The van der Waals surface area contributed by atoms with Crippen LogP contribution in [-0.2, 0) is 17.1 Å². The van der Waals surface area contributed by atoms with Crippen LogP contribution in [0.3, 0.4) is 0 Å². The molecule has 162 valence electrons. The van der Waals surface area contributed by atoms with Crippen molar-refractivity contribution >= 4 is 28.6 Å². The van der Waals surface area contributed by atoms with Crippen LogP contribution in [0.5, 0.6) is 0 Å². The number of fused-ring (bicyclic) bond motifs is 1. The van der Waals surface area contributed by atoms with E-state index in [2.05, 4.69) is 0 Å². The van der Waals surface area contributed by atoms with E-state index in [4.69, 9.17) is 4.42 Å². The van der Waals surface area contributed by atoms with Gasteiger partial charge in [-0.1, -0.05) is 11.6 Å². The van der Waals surface area contributed by atoms with Gasteiger partial charge in [-0.05, 0) is 43.3 Å². The van der Waals surface area contributed by atoms with Crippen LogP contribution in [-0.4, -0.2) is 5.91 Å². The van der Waals surface area contributed by atoms with Gasteiger partial charge >= 0.3 is 12.4 Å². The van der Waals surface area contributed by atoms with Gasteiger partial charge < -0.3 is 9.73 Å². The van der Waals surface area contributed by atoms with Gasteiger partial charge in [0.25, 0.3) is 0 Å². The van der Waals surface area contributed by atoms with Crippen LogP contribution in [0.15, 0.2) is 57.9 Å². The average Bonchev–Trinajstić information content (AvgIpc) is 2.66. The number of alkyl halides is 6. The van der Waals surface area contributed by atoms with Gasteiger partial charge in [-0.25, -0.2) is 0 Å². The molecule has 0 bridgehead atoms. The molecule has 0 aliphatic rings. The SMILES string of the molecule is Cc1ccc2occ(/C=C/C(=O)Nc3cc(C(F)(F)F)cc(C(F)(F)F)c3)c(=O)c2c1. The first-order chi connectivity index (χ1) is 14.3. The lowest BCUT2D eigenvalue weighted by Gasteiger charge is -2.14. The highest BCUT2D eigenvalue weighted by molar-refractivity contribution is 6.02. The topological polar surface area (TPSA) is 59.3 Å². The number of halogens is 6. The van der Waals surface area contributed by atoms with E-state index in [-0.39, 0.29) is 17.0 Å². The second-order valence-corrected chi connectivity index (χ2v) is 6.64. The standard InChI is InChI=1S/C21H13F6NO3/c1-11-2-4-17-16(6-11)19(30)12(10-31-17)3-5-18(29)28-15-8-13(20(22,23)24)7-14(9-15)21(25,26)27/h2-10H,1H3,(H,28,29)/b5-3+. The maximum absolute atomic E-state index is 12.9. The molecule has 2 aromatic carbocycles. The minimum atomic E-state index is -5.04. The number of benzene rings is 2. The minimum absolute atomic E-state index is 0.0201. The first kappa shape index (κ1) is 22.1. The van der Waals surface area contributed by atoms with Gasteiger partial charge in [0.2, 0.25) is 5.91 Å². The van der Waals surface area contributed by atoms with Crippen molar-refractivity contribution in [2.45, 2.75) is 19.3 Å². The van der Waals surface area contributed by atoms with Gasteiger partial charge in [-0.3, -0.25) is 9.59 Å². The smallest absolute Gasteiger partial charge is 0.416 e. The number of rotatable bonds is 3. The number of hydrogen-bond acceptors (Lipinski definition) is 3. The van der Waals surface area contributed by atoms with E-state index >= 15 is 0 Å². The van der Waals surface area contributed by atoms with E-state index in [1.807, 2.05) is 5.32 Å². The molecule has 0 spiro atoms. The van der Waals surface area contributed by atoms with Crippen molar-refractivity contribution in [2.75, 3.05) is 5.32 Å². The zero-order chi connectivity index (χ0) is 23.0. The highest BCUT2D eigenvalue weighted by atomic mass is 19.4. The van der Waals surface area contributed by atoms with Gasteiger partial charge in [0.1, 0.15) is 11.8 Å². The van der Waals surface area contributed by atoms with Crippen molar-refractivity contribution in [3.63, 3.8) is 0 Å². The minimum Gasteiger partial charge on any atom is -0.463 e. The summed E-state index contributed by atoms with van der Waals surface area (Å²) in [5.41, 5.74) is -3.18. The first-order valence-electron chi connectivity index (χ1n) is 8.65. The molecule has 4 nitrogen and oxygen atoms in total. The normalized spacial score (nSPS) is 12.5.